The molecule has 0 spiro atoms. The van der Waals surface area contributed by atoms with Crippen molar-refractivity contribution in [3.05, 3.63) is 80.8 Å². The first-order valence-electron chi connectivity index (χ1n) is 10.0. The predicted molar refractivity (Wildman–Crippen MR) is 124 cm³/mol. The second kappa shape index (κ2) is 10.3. The number of rotatable bonds is 9. The van der Waals surface area contributed by atoms with Gasteiger partial charge in [-0.3, -0.25) is 0 Å². The lowest BCUT2D eigenvalue weighted by Gasteiger charge is -2.16. The highest BCUT2D eigenvalue weighted by molar-refractivity contribution is 9.10. The van der Waals surface area contributed by atoms with Crippen molar-refractivity contribution in [1.29, 1.82) is 0 Å². The molecule has 0 fully saturated rings. The Kier molecular flexibility index (Phi) is 7.22. The van der Waals surface area contributed by atoms with Gasteiger partial charge in [-0.15, -0.1) is 0 Å². The fourth-order valence-electron chi connectivity index (χ4n) is 3.26. The molecule has 0 saturated heterocycles. The zero-order valence-corrected chi connectivity index (χ0v) is 19.5. The summed E-state index contributed by atoms with van der Waals surface area (Å²) in [5.41, 5.74) is 3.26. The van der Waals surface area contributed by atoms with E-state index in [9.17, 15) is 0 Å². The van der Waals surface area contributed by atoms with E-state index in [1.165, 1.54) is 0 Å². The Labute approximate surface area is 195 Å². The van der Waals surface area contributed by atoms with E-state index in [1.54, 1.807) is 0 Å². The third-order valence-corrected chi connectivity index (χ3v) is 5.60. The van der Waals surface area contributed by atoms with Gasteiger partial charge < -0.3 is 24.3 Å². The molecule has 4 rings (SSSR count). The first-order valence-corrected chi connectivity index (χ1v) is 11.2. The first-order chi connectivity index (χ1) is 15.1. The van der Waals surface area contributed by atoms with E-state index in [-0.39, 0.29) is 6.79 Å². The Morgan fingerprint density at radius 2 is 1.65 bits per heavy atom. The third-order valence-electron chi connectivity index (χ3n) is 4.76. The van der Waals surface area contributed by atoms with Crippen molar-refractivity contribution in [2.45, 2.75) is 26.6 Å². The summed E-state index contributed by atoms with van der Waals surface area (Å²) in [6.07, 6.45) is 0. The summed E-state index contributed by atoms with van der Waals surface area (Å²) in [6, 6.07) is 17.7. The highest BCUT2D eigenvalue weighted by Gasteiger charge is 2.14. The molecular weight excluding hydrogens is 482 g/mol. The molecule has 0 saturated carbocycles. The minimum Gasteiger partial charge on any atom is -0.490 e. The molecule has 0 radical (unpaired) electrons. The van der Waals surface area contributed by atoms with Gasteiger partial charge in [-0.1, -0.05) is 29.8 Å². The van der Waals surface area contributed by atoms with Crippen molar-refractivity contribution in [2.24, 2.45) is 0 Å². The molecule has 0 aliphatic carbocycles. The van der Waals surface area contributed by atoms with Gasteiger partial charge in [-0.05, 0) is 75.9 Å². The molecule has 0 atom stereocenters. The molecule has 1 heterocycles. The Morgan fingerprint density at radius 1 is 0.903 bits per heavy atom. The lowest BCUT2D eigenvalue weighted by Crippen LogP contribution is -2.13. The van der Waals surface area contributed by atoms with Gasteiger partial charge >= 0.3 is 0 Å². The van der Waals surface area contributed by atoms with Crippen molar-refractivity contribution in [1.82, 2.24) is 5.32 Å². The number of ether oxygens (including phenoxy) is 4. The van der Waals surface area contributed by atoms with E-state index >= 15 is 0 Å². The number of halogens is 2. The predicted octanol–water partition coefficient (Wildman–Crippen LogP) is 6.10. The van der Waals surface area contributed by atoms with E-state index in [4.69, 9.17) is 30.5 Å². The molecule has 1 aliphatic rings. The van der Waals surface area contributed by atoms with Crippen LogP contribution in [-0.2, 0) is 19.7 Å². The maximum atomic E-state index is 6.06. The molecule has 3 aromatic rings. The van der Waals surface area contributed by atoms with E-state index < -0.39 is 0 Å². The molecule has 0 unspecified atom stereocenters. The molecule has 7 heteroatoms. The van der Waals surface area contributed by atoms with Gasteiger partial charge in [0.05, 0.1) is 11.1 Å². The van der Waals surface area contributed by atoms with Crippen LogP contribution in [0.1, 0.15) is 23.6 Å². The molecule has 31 heavy (non-hydrogen) atoms. The molecule has 1 N–H and O–H groups in total. The third kappa shape index (κ3) is 5.64. The summed E-state index contributed by atoms with van der Waals surface area (Å²) < 4.78 is 23.6. The van der Waals surface area contributed by atoms with Crippen LogP contribution in [0.5, 0.6) is 23.0 Å². The first kappa shape index (κ1) is 21.8. The standard InChI is InChI=1S/C24H23BrClNO4/c1-2-28-23-11-18(13-27-12-17-5-8-21-22(10-17)31-15-30-21)9-20(25)24(23)29-14-16-3-6-19(26)7-4-16/h3-11,27H,2,12-15H2,1H3. The van der Waals surface area contributed by atoms with Crippen molar-refractivity contribution >= 4 is 27.5 Å². The Bertz CT molecular complexity index is 1040. The number of hydrogen-bond donors (Lipinski definition) is 1. The van der Waals surface area contributed by atoms with Crippen molar-refractivity contribution in [2.75, 3.05) is 13.4 Å². The monoisotopic (exact) mass is 503 g/mol. The van der Waals surface area contributed by atoms with E-state index in [0.717, 1.165) is 32.7 Å². The van der Waals surface area contributed by atoms with Crippen molar-refractivity contribution < 1.29 is 18.9 Å². The fourth-order valence-corrected chi connectivity index (χ4v) is 3.99. The van der Waals surface area contributed by atoms with Crippen LogP contribution in [0.25, 0.3) is 0 Å². The minimum absolute atomic E-state index is 0.285. The maximum absolute atomic E-state index is 6.06. The molecule has 5 nitrogen and oxygen atoms in total. The smallest absolute Gasteiger partial charge is 0.231 e. The van der Waals surface area contributed by atoms with E-state index in [1.807, 2.05) is 61.5 Å². The minimum atomic E-state index is 0.285. The fraction of sp³-hybridized carbons (Fsp3) is 0.250. The van der Waals surface area contributed by atoms with Crippen LogP contribution in [0.4, 0.5) is 0 Å². The number of fused-ring (bicyclic) bond motifs is 1. The second-order valence-electron chi connectivity index (χ2n) is 7.04. The van der Waals surface area contributed by atoms with Crippen LogP contribution < -0.4 is 24.3 Å². The average Bonchev–Trinajstić information content (AvgIpc) is 3.23. The quantitative estimate of drug-likeness (QED) is 0.382. The molecule has 0 bridgehead atoms. The summed E-state index contributed by atoms with van der Waals surface area (Å²) in [5.74, 6) is 2.99. The lowest BCUT2D eigenvalue weighted by molar-refractivity contribution is 0.174. The topological polar surface area (TPSA) is 49.0 Å². The van der Waals surface area contributed by atoms with Gasteiger partial charge in [0.1, 0.15) is 6.61 Å². The molecule has 3 aromatic carbocycles. The largest absolute Gasteiger partial charge is 0.490 e. The van der Waals surface area contributed by atoms with Crippen molar-refractivity contribution in [3.8, 4) is 23.0 Å². The number of benzene rings is 3. The summed E-state index contributed by atoms with van der Waals surface area (Å²) in [5, 5.41) is 4.17. The molecule has 0 amide bonds. The van der Waals surface area contributed by atoms with Crippen LogP contribution in [0.15, 0.2) is 59.1 Å². The van der Waals surface area contributed by atoms with Gasteiger partial charge in [0, 0.05) is 18.1 Å². The molecular formula is C24H23BrClNO4. The second-order valence-corrected chi connectivity index (χ2v) is 8.33. The molecule has 162 valence electrons. The zero-order valence-electron chi connectivity index (χ0n) is 17.1. The van der Waals surface area contributed by atoms with Gasteiger partial charge in [-0.25, -0.2) is 0 Å². The zero-order chi connectivity index (χ0) is 21.6. The Balaban J connectivity index is 1.40. The van der Waals surface area contributed by atoms with Gasteiger partial charge in [0.2, 0.25) is 6.79 Å². The average molecular weight is 505 g/mol. The Morgan fingerprint density at radius 3 is 2.45 bits per heavy atom. The van der Waals surface area contributed by atoms with Crippen LogP contribution in [-0.4, -0.2) is 13.4 Å². The van der Waals surface area contributed by atoms with Crippen LogP contribution >= 0.6 is 27.5 Å². The SMILES string of the molecule is CCOc1cc(CNCc2ccc3c(c2)OCO3)cc(Br)c1OCc1ccc(Cl)cc1. The Hall–Kier alpha value is -2.41. The molecule has 0 aromatic heterocycles. The van der Waals surface area contributed by atoms with Crippen molar-refractivity contribution in [3.63, 3.8) is 0 Å². The van der Waals surface area contributed by atoms with E-state index in [2.05, 4.69) is 21.2 Å². The summed E-state index contributed by atoms with van der Waals surface area (Å²) in [6.45, 7) is 4.63. The van der Waals surface area contributed by atoms with Gasteiger partial charge in [0.25, 0.3) is 0 Å². The summed E-state index contributed by atoms with van der Waals surface area (Å²) in [7, 11) is 0. The normalized spacial score (nSPS) is 12.1. The summed E-state index contributed by atoms with van der Waals surface area (Å²) >= 11 is 9.60. The van der Waals surface area contributed by atoms with Crippen LogP contribution in [0.2, 0.25) is 5.02 Å². The highest BCUT2D eigenvalue weighted by atomic mass is 79.9. The van der Waals surface area contributed by atoms with Gasteiger partial charge in [-0.2, -0.15) is 0 Å². The number of nitrogens with one attached hydrogen (secondary N) is 1. The highest BCUT2D eigenvalue weighted by Crippen LogP contribution is 2.38. The van der Waals surface area contributed by atoms with Crippen LogP contribution in [0.3, 0.4) is 0 Å². The maximum Gasteiger partial charge on any atom is 0.231 e. The number of hydrogen-bond acceptors (Lipinski definition) is 5. The van der Waals surface area contributed by atoms with Crippen LogP contribution in [0, 0.1) is 0 Å². The molecule has 1 aliphatic heterocycles. The van der Waals surface area contributed by atoms with Gasteiger partial charge in [0.15, 0.2) is 23.0 Å². The van der Waals surface area contributed by atoms with E-state index in [0.29, 0.717) is 42.8 Å². The summed E-state index contributed by atoms with van der Waals surface area (Å²) in [4.78, 5) is 0. The lowest BCUT2D eigenvalue weighted by atomic mass is 10.1.